The predicted molar refractivity (Wildman–Crippen MR) is 71.8 cm³/mol. The van der Waals surface area contributed by atoms with E-state index < -0.39 is 0 Å². The van der Waals surface area contributed by atoms with Gasteiger partial charge in [0.15, 0.2) is 17.3 Å². The Labute approximate surface area is 109 Å². The number of hydrogen-bond donors (Lipinski definition) is 2. The zero-order chi connectivity index (χ0) is 13.1. The summed E-state index contributed by atoms with van der Waals surface area (Å²) in [6.07, 6.45) is 4.04. The molecule has 0 amide bonds. The summed E-state index contributed by atoms with van der Waals surface area (Å²) in [4.78, 5) is 21.2. The van der Waals surface area contributed by atoms with Crippen LogP contribution in [0.2, 0.25) is 0 Å². The van der Waals surface area contributed by atoms with Crippen LogP contribution < -0.4 is 10.3 Å². The molecule has 0 spiro atoms. The van der Waals surface area contributed by atoms with E-state index in [0.717, 1.165) is 17.6 Å². The number of aromatic nitrogens is 3. The maximum atomic E-state index is 10.9. The molecule has 3 N–H and O–H groups in total. The smallest absolute Gasteiger partial charge is 0.247 e. The lowest BCUT2D eigenvalue weighted by Gasteiger charge is -2.01. The maximum Gasteiger partial charge on any atom is 0.247 e. The van der Waals surface area contributed by atoms with Crippen LogP contribution in [0.25, 0.3) is 11.0 Å². The average Bonchev–Trinajstić information content (AvgIpc) is 2.90. The molecule has 3 aromatic rings. The third-order valence-electron chi connectivity index (χ3n) is 2.97. The first kappa shape index (κ1) is 11.4. The van der Waals surface area contributed by atoms with Crippen LogP contribution in [-0.2, 0) is 6.54 Å². The van der Waals surface area contributed by atoms with Crippen LogP contribution in [0.5, 0.6) is 0 Å². The average molecular weight is 253 g/mol. The van der Waals surface area contributed by atoms with Crippen molar-refractivity contribution in [3.05, 3.63) is 54.0 Å². The van der Waals surface area contributed by atoms with Crippen LogP contribution in [0.15, 0.2) is 42.9 Å². The zero-order valence-electron chi connectivity index (χ0n) is 10.2. The summed E-state index contributed by atoms with van der Waals surface area (Å²) in [6.45, 7) is 0.700. The summed E-state index contributed by atoms with van der Waals surface area (Å²) in [5.74, 6) is 0.821. The second-order valence-electron chi connectivity index (χ2n) is 4.20. The largest absolute Gasteiger partial charge is 0.352 e. The van der Waals surface area contributed by atoms with Crippen molar-refractivity contribution < 1.29 is 9.78 Å². The molecule has 3 rings (SSSR count). The lowest BCUT2D eigenvalue weighted by molar-refractivity contribution is -0.364. The highest BCUT2D eigenvalue weighted by Crippen LogP contribution is 2.18. The molecule has 0 saturated heterocycles. The maximum absolute atomic E-state index is 10.9. The monoisotopic (exact) mass is 253 g/mol. The summed E-state index contributed by atoms with van der Waals surface area (Å²) in [6, 6.07) is 10.1. The highest BCUT2D eigenvalue weighted by Gasteiger charge is 2.14. The topological polar surface area (TPSA) is 71.9 Å². The summed E-state index contributed by atoms with van der Waals surface area (Å²) in [5, 5.41) is 3.30. The number of fused-ring (bicyclic) bond motifs is 1. The van der Waals surface area contributed by atoms with E-state index in [4.69, 9.17) is 0 Å². The Kier molecular flexibility index (Phi) is 2.94. The molecule has 1 aromatic carbocycles. The minimum Gasteiger partial charge on any atom is -0.352 e. The quantitative estimate of drug-likeness (QED) is 0.696. The van der Waals surface area contributed by atoms with Gasteiger partial charge in [-0.05, 0) is 5.56 Å². The molecule has 0 atom stereocenters. The number of benzene rings is 1. The lowest BCUT2D eigenvalue weighted by atomic mass is 10.2. The third-order valence-corrected chi connectivity index (χ3v) is 2.97. The fraction of sp³-hybridized carbons (Fsp3) is 0.0714. The van der Waals surface area contributed by atoms with Gasteiger partial charge in [0.25, 0.3) is 0 Å². The third kappa shape index (κ3) is 2.18. The number of anilines is 1. The van der Waals surface area contributed by atoms with Gasteiger partial charge in [0.1, 0.15) is 0 Å². The predicted octanol–water partition coefficient (Wildman–Crippen LogP) is 1.80. The van der Waals surface area contributed by atoms with Gasteiger partial charge in [-0.25, -0.2) is 4.98 Å². The van der Waals surface area contributed by atoms with Crippen molar-refractivity contribution in [2.75, 3.05) is 5.32 Å². The molecule has 0 bridgehead atoms. The molecular weight excluding hydrogens is 240 g/mol. The van der Waals surface area contributed by atoms with Crippen molar-refractivity contribution in [3.63, 3.8) is 0 Å². The van der Waals surface area contributed by atoms with E-state index in [0.29, 0.717) is 17.6 Å². The molecule has 0 radical (unpaired) electrons. The number of H-pyrrole nitrogens is 2. The summed E-state index contributed by atoms with van der Waals surface area (Å²) < 4.78 is 0. The fourth-order valence-corrected chi connectivity index (χ4v) is 2.01. The highest BCUT2D eigenvalue weighted by atomic mass is 16.1. The van der Waals surface area contributed by atoms with E-state index in [9.17, 15) is 4.79 Å². The van der Waals surface area contributed by atoms with Gasteiger partial charge in [-0.3, -0.25) is 10.1 Å². The number of nitrogens with one attached hydrogen (secondary N) is 3. The Balaban J connectivity index is 1.89. The van der Waals surface area contributed by atoms with Crippen molar-refractivity contribution in [2.24, 2.45) is 0 Å². The van der Waals surface area contributed by atoms with E-state index in [1.165, 1.54) is 5.56 Å². The number of carbonyl (C=O) groups excluding carboxylic acids is 1. The van der Waals surface area contributed by atoms with Gasteiger partial charge in [0.2, 0.25) is 12.1 Å². The number of hydrogen-bond acceptors (Lipinski definition) is 3. The van der Waals surface area contributed by atoms with Crippen LogP contribution in [-0.4, -0.2) is 16.3 Å². The Morgan fingerprint density at radius 2 is 2.16 bits per heavy atom. The van der Waals surface area contributed by atoms with E-state index in [1.54, 1.807) is 12.5 Å². The highest BCUT2D eigenvalue weighted by molar-refractivity contribution is 5.97. The summed E-state index contributed by atoms with van der Waals surface area (Å²) in [5.41, 5.74) is 3.22. The molecule has 0 aliphatic carbocycles. The molecule has 94 valence electrons. The standard InChI is InChI=1S/C14H12N4O/c19-8-11-7-15-13-12(11)17-9-18-14(13)16-6-10-4-2-1-3-5-10/h1-5,7-9,15H,6H2,(H,16,17,18)/p+1. The van der Waals surface area contributed by atoms with Gasteiger partial charge in [-0.2, -0.15) is 0 Å². The van der Waals surface area contributed by atoms with Crippen LogP contribution >= 0.6 is 0 Å². The molecule has 5 heteroatoms. The molecular formula is C14H13N4O+. The van der Waals surface area contributed by atoms with Gasteiger partial charge < -0.3 is 4.98 Å². The Morgan fingerprint density at radius 1 is 1.32 bits per heavy atom. The van der Waals surface area contributed by atoms with E-state index in [-0.39, 0.29) is 0 Å². The summed E-state index contributed by atoms with van der Waals surface area (Å²) in [7, 11) is 0. The van der Waals surface area contributed by atoms with Crippen molar-refractivity contribution in [1.29, 1.82) is 0 Å². The fourth-order valence-electron chi connectivity index (χ4n) is 2.01. The van der Waals surface area contributed by atoms with Crippen molar-refractivity contribution in [3.8, 4) is 0 Å². The second kappa shape index (κ2) is 4.89. The second-order valence-corrected chi connectivity index (χ2v) is 4.20. The van der Waals surface area contributed by atoms with Crippen LogP contribution in [0, 0.1) is 0 Å². The van der Waals surface area contributed by atoms with E-state index in [2.05, 4.69) is 32.4 Å². The van der Waals surface area contributed by atoms with Gasteiger partial charge >= 0.3 is 0 Å². The Morgan fingerprint density at radius 3 is 2.95 bits per heavy atom. The van der Waals surface area contributed by atoms with Crippen LogP contribution in [0.3, 0.4) is 0 Å². The molecule has 0 unspecified atom stereocenters. The number of carbonyl (C=O) groups is 1. The first-order chi connectivity index (χ1) is 9.38. The number of rotatable bonds is 4. The minimum absolute atomic E-state index is 0.562. The number of aromatic amines is 2. The molecule has 2 heterocycles. The summed E-state index contributed by atoms with van der Waals surface area (Å²) >= 11 is 0. The van der Waals surface area contributed by atoms with Crippen LogP contribution in [0.4, 0.5) is 5.82 Å². The van der Waals surface area contributed by atoms with Gasteiger partial charge in [-0.1, -0.05) is 30.3 Å². The Hall–Kier alpha value is -2.69. The molecule has 0 fully saturated rings. The van der Waals surface area contributed by atoms with E-state index >= 15 is 0 Å². The number of nitrogens with zero attached hydrogens (tertiary/aromatic N) is 1. The van der Waals surface area contributed by atoms with Crippen LogP contribution in [0.1, 0.15) is 15.9 Å². The molecule has 0 aliphatic rings. The molecule has 19 heavy (non-hydrogen) atoms. The van der Waals surface area contributed by atoms with Crippen molar-refractivity contribution >= 4 is 23.1 Å². The van der Waals surface area contributed by atoms with Gasteiger partial charge in [-0.15, -0.1) is 4.98 Å². The zero-order valence-corrected chi connectivity index (χ0v) is 10.2. The first-order valence-electron chi connectivity index (χ1n) is 5.99. The normalized spacial score (nSPS) is 10.5. The van der Waals surface area contributed by atoms with Crippen molar-refractivity contribution in [1.82, 2.24) is 9.97 Å². The lowest BCUT2D eigenvalue weighted by Crippen LogP contribution is -2.14. The first-order valence-corrected chi connectivity index (χ1v) is 5.99. The SMILES string of the molecule is O=Cc1c[nH]c2c(NCc3ccccc3)[nH+]cnc12. The van der Waals surface area contributed by atoms with Gasteiger partial charge in [0.05, 0.1) is 12.1 Å². The number of aldehydes is 1. The molecule has 2 aromatic heterocycles. The van der Waals surface area contributed by atoms with Gasteiger partial charge in [0, 0.05) is 6.20 Å². The molecule has 0 saturated carbocycles. The molecule has 0 aliphatic heterocycles. The Bertz CT molecular complexity index is 706. The molecule has 5 nitrogen and oxygen atoms in total. The van der Waals surface area contributed by atoms with Crippen molar-refractivity contribution in [2.45, 2.75) is 6.54 Å². The minimum atomic E-state index is 0.562. The van der Waals surface area contributed by atoms with E-state index in [1.807, 2.05) is 18.2 Å².